The Kier molecular flexibility index (Phi) is 2.97. The minimum atomic E-state index is 0.165. The highest BCUT2D eigenvalue weighted by atomic mass is 15.3. The highest BCUT2D eigenvalue weighted by Gasteiger charge is 2.26. The average molecular weight is 205 g/mol. The molecule has 0 saturated heterocycles. The minimum absolute atomic E-state index is 0.165. The summed E-state index contributed by atoms with van der Waals surface area (Å²) in [6, 6.07) is 2.68. The third-order valence-corrected chi connectivity index (χ3v) is 3.01. The van der Waals surface area contributed by atoms with Gasteiger partial charge in [-0.3, -0.25) is 0 Å². The molecule has 15 heavy (non-hydrogen) atoms. The summed E-state index contributed by atoms with van der Waals surface area (Å²) >= 11 is 0. The van der Waals surface area contributed by atoms with Crippen LogP contribution in [0.4, 0.5) is 0 Å². The zero-order valence-corrected chi connectivity index (χ0v) is 8.85. The number of hydrogen-bond acceptors (Lipinski definition) is 4. The van der Waals surface area contributed by atoms with Crippen LogP contribution in [0.1, 0.15) is 25.1 Å². The van der Waals surface area contributed by atoms with Crippen molar-refractivity contribution in [3.8, 4) is 6.07 Å². The second-order valence-corrected chi connectivity index (χ2v) is 4.01. The number of rotatable bonds is 3. The van der Waals surface area contributed by atoms with Crippen molar-refractivity contribution in [3.05, 3.63) is 12.2 Å². The molecular formula is C10H15N5. The highest BCUT2D eigenvalue weighted by molar-refractivity contribution is 4.97. The van der Waals surface area contributed by atoms with Crippen LogP contribution in [0.15, 0.2) is 6.33 Å². The van der Waals surface area contributed by atoms with Crippen molar-refractivity contribution < 1.29 is 0 Å². The van der Waals surface area contributed by atoms with Crippen molar-refractivity contribution in [1.82, 2.24) is 20.1 Å². The third kappa shape index (κ3) is 2.16. The van der Waals surface area contributed by atoms with Gasteiger partial charge in [0.1, 0.15) is 12.2 Å². The van der Waals surface area contributed by atoms with Crippen LogP contribution in [-0.4, -0.2) is 20.8 Å². The van der Waals surface area contributed by atoms with Gasteiger partial charge in [-0.25, -0.2) is 0 Å². The Balaban J connectivity index is 1.89. The molecule has 1 aromatic rings. The number of hydrogen-bond donors (Lipinski definition) is 1. The molecule has 0 amide bonds. The van der Waals surface area contributed by atoms with Gasteiger partial charge in [0.05, 0.1) is 18.5 Å². The molecule has 5 nitrogen and oxygen atoms in total. The van der Waals surface area contributed by atoms with Gasteiger partial charge in [0.15, 0.2) is 0 Å². The summed E-state index contributed by atoms with van der Waals surface area (Å²) in [5, 5.41) is 20.1. The van der Waals surface area contributed by atoms with E-state index in [9.17, 15) is 0 Å². The molecular weight excluding hydrogens is 190 g/mol. The molecule has 0 spiro atoms. The number of aryl methyl sites for hydroxylation is 1. The summed E-state index contributed by atoms with van der Waals surface area (Å²) in [4.78, 5) is 0. The molecule has 2 rings (SSSR count). The third-order valence-electron chi connectivity index (χ3n) is 3.01. The van der Waals surface area contributed by atoms with Gasteiger partial charge in [0.2, 0.25) is 0 Å². The van der Waals surface area contributed by atoms with Gasteiger partial charge in [0, 0.05) is 13.1 Å². The van der Waals surface area contributed by atoms with Crippen molar-refractivity contribution in [2.75, 3.05) is 0 Å². The normalized spacial score (nSPS) is 25.3. The van der Waals surface area contributed by atoms with Gasteiger partial charge in [-0.1, -0.05) is 6.42 Å². The maximum absolute atomic E-state index is 8.93. The molecule has 2 unspecified atom stereocenters. The molecule has 1 aliphatic rings. The number of nitrogens with zero attached hydrogens (tertiary/aromatic N) is 4. The van der Waals surface area contributed by atoms with E-state index in [1.54, 1.807) is 6.33 Å². The van der Waals surface area contributed by atoms with E-state index in [0.717, 1.165) is 25.1 Å². The molecule has 0 aliphatic heterocycles. The van der Waals surface area contributed by atoms with E-state index in [0.29, 0.717) is 12.6 Å². The standard InChI is InChI=1S/C10H15N5/c1-15-7-13-14-10(15)6-12-9-4-2-3-8(9)5-11/h7-9,12H,2-4,6H2,1H3. The average Bonchev–Trinajstić information content (AvgIpc) is 2.83. The topological polar surface area (TPSA) is 66.5 Å². The van der Waals surface area contributed by atoms with Gasteiger partial charge in [0.25, 0.3) is 0 Å². The summed E-state index contributed by atoms with van der Waals surface area (Å²) < 4.78 is 1.89. The monoisotopic (exact) mass is 205 g/mol. The van der Waals surface area contributed by atoms with E-state index in [1.165, 1.54) is 0 Å². The Labute approximate surface area is 89.1 Å². The van der Waals surface area contributed by atoms with Crippen LogP contribution in [0.3, 0.4) is 0 Å². The molecule has 1 fully saturated rings. The number of nitrogens with one attached hydrogen (secondary N) is 1. The summed E-state index contributed by atoms with van der Waals surface area (Å²) in [6.45, 7) is 0.694. The first kappa shape index (κ1) is 10.1. The lowest BCUT2D eigenvalue weighted by Crippen LogP contribution is -2.32. The Morgan fingerprint density at radius 2 is 2.53 bits per heavy atom. The van der Waals surface area contributed by atoms with Crippen LogP contribution in [0.25, 0.3) is 0 Å². The van der Waals surface area contributed by atoms with Gasteiger partial charge in [-0.2, -0.15) is 5.26 Å². The quantitative estimate of drug-likeness (QED) is 0.784. The van der Waals surface area contributed by atoms with E-state index in [2.05, 4.69) is 21.6 Å². The molecule has 0 bridgehead atoms. The summed E-state index contributed by atoms with van der Waals surface area (Å²) in [5.74, 6) is 1.08. The number of nitriles is 1. The van der Waals surface area contributed by atoms with E-state index in [-0.39, 0.29) is 5.92 Å². The van der Waals surface area contributed by atoms with Crippen molar-refractivity contribution in [1.29, 1.82) is 5.26 Å². The molecule has 1 aromatic heterocycles. The van der Waals surface area contributed by atoms with E-state index in [1.807, 2.05) is 11.6 Å². The van der Waals surface area contributed by atoms with Gasteiger partial charge < -0.3 is 9.88 Å². The zero-order chi connectivity index (χ0) is 10.7. The van der Waals surface area contributed by atoms with Crippen LogP contribution in [-0.2, 0) is 13.6 Å². The smallest absolute Gasteiger partial charge is 0.146 e. The van der Waals surface area contributed by atoms with Crippen molar-refractivity contribution in [3.63, 3.8) is 0 Å². The second kappa shape index (κ2) is 4.41. The van der Waals surface area contributed by atoms with Gasteiger partial charge in [-0.05, 0) is 12.8 Å². The number of aromatic nitrogens is 3. The van der Waals surface area contributed by atoms with Crippen LogP contribution in [0, 0.1) is 17.2 Å². The van der Waals surface area contributed by atoms with Crippen molar-refractivity contribution in [2.45, 2.75) is 31.8 Å². The first-order valence-corrected chi connectivity index (χ1v) is 5.27. The summed E-state index contributed by atoms with van der Waals surface area (Å²) in [7, 11) is 1.92. The van der Waals surface area contributed by atoms with Gasteiger partial charge >= 0.3 is 0 Å². The maximum atomic E-state index is 8.93. The van der Waals surface area contributed by atoms with Crippen LogP contribution in [0.2, 0.25) is 0 Å². The predicted octanol–water partition coefficient (Wildman–Crippen LogP) is 0.597. The SMILES string of the molecule is Cn1cnnc1CNC1CCCC1C#N. The van der Waals surface area contributed by atoms with Crippen LogP contribution >= 0.6 is 0 Å². The predicted molar refractivity (Wildman–Crippen MR) is 54.6 cm³/mol. The molecule has 1 aliphatic carbocycles. The van der Waals surface area contributed by atoms with Crippen molar-refractivity contribution in [2.24, 2.45) is 13.0 Å². The minimum Gasteiger partial charge on any atom is -0.320 e. The molecule has 2 atom stereocenters. The molecule has 0 aromatic carbocycles. The largest absolute Gasteiger partial charge is 0.320 e. The Morgan fingerprint density at radius 1 is 1.67 bits per heavy atom. The van der Waals surface area contributed by atoms with E-state index in [4.69, 9.17) is 5.26 Å². The van der Waals surface area contributed by atoms with Gasteiger partial charge in [-0.15, -0.1) is 10.2 Å². The highest BCUT2D eigenvalue weighted by Crippen LogP contribution is 2.24. The molecule has 1 heterocycles. The van der Waals surface area contributed by atoms with E-state index < -0.39 is 0 Å². The molecule has 5 heteroatoms. The fraction of sp³-hybridized carbons (Fsp3) is 0.700. The molecule has 1 saturated carbocycles. The fourth-order valence-electron chi connectivity index (χ4n) is 2.05. The molecule has 0 radical (unpaired) electrons. The Morgan fingerprint density at radius 3 is 3.20 bits per heavy atom. The second-order valence-electron chi connectivity index (χ2n) is 4.01. The maximum Gasteiger partial charge on any atom is 0.146 e. The zero-order valence-electron chi connectivity index (χ0n) is 8.85. The van der Waals surface area contributed by atoms with E-state index >= 15 is 0 Å². The molecule has 1 N–H and O–H groups in total. The lowest BCUT2D eigenvalue weighted by molar-refractivity contribution is 0.453. The first-order valence-electron chi connectivity index (χ1n) is 5.27. The summed E-state index contributed by atoms with van der Waals surface area (Å²) in [5.41, 5.74) is 0. The van der Waals surface area contributed by atoms with Crippen LogP contribution in [0.5, 0.6) is 0 Å². The molecule has 80 valence electrons. The Hall–Kier alpha value is -1.41. The summed E-state index contributed by atoms with van der Waals surface area (Å²) in [6.07, 6.45) is 4.95. The first-order chi connectivity index (χ1) is 7.31. The lowest BCUT2D eigenvalue weighted by Gasteiger charge is -2.14. The van der Waals surface area contributed by atoms with Crippen molar-refractivity contribution >= 4 is 0 Å². The lowest BCUT2D eigenvalue weighted by atomic mass is 10.1. The fourth-order valence-corrected chi connectivity index (χ4v) is 2.05. The van der Waals surface area contributed by atoms with Crippen LogP contribution < -0.4 is 5.32 Å². The Bertz CT molecular complexity index is 364.